The van der Waals surface area contributed by atoms with Gasteiger partial charge in [-0.05, 0) is 156 Å². The maximum absolute atomic E-state index is 18.7. The normalized spacial score (nSPS) is 16.9. The molecule has 4 nitrogen and oxygen atoms in total. The van der Waals surface area contributed by atoms with Gasteiger partial charge in [0.15, 0.2) is 11.6 Å². The second kappa shape index (κ2) is 45.0. The molecule has 624 valence electrons. The summed E-state index contributed by atoms with van der Waals surface area (Å²) in [7, 11) is -5.07. The van der Waals surface area contributed by atoms with Crippen LogP contribution in [-0.2, 0) is 0 Å². The number of ether oxygens (including phenoxy) is 2. The first-order valence-corrected chi connectivity index (χ1v) is 57.0. The molecule has 0 saturated carbocycles. The van der Waals surface area contributed by atoms with E-state index in [1.54, 1.807) is 33.0 Å². The fourth-order valence-corrected chi connectivity index (χ4v) is 43.7. The van der Waals surface area contributed by atoms with Crippen LogP contribution in [0.4, 0.5) is 8.78 Å². The molecule has 0 saturated heterocycles. The van der Waals surface area contributed by atoms with Crippen LogP contribution in [-0.4, -0.2) is 38.1 Å². The van der Waals surface area contributed by atoms with Crippen molar-refractivity contribution in [3.63, 3.8) is 0 Å². The minimum absolute atomic E-state index is 0.309. The van der Waals surface area contributed by atoms with Gasteiger partial charge in [-0.3, -0.25) is 0 Å². The number of rotatable bonds is 57. The van der Waals surface area contributed by atoms with Gasteiger partial charge in [0.2, 0.25) is 0 Å². The highest BCUT2D eigenvalue weighted by molar-refractivity contribution is 7.34. The first-order chi connectivity index (χ1) is 55.1. The molecule has 9 heterocycles. The predicted octanol–water partition coefficient (Wildman–Crippen LogP) is 33.6. The van der Waals surface area contributed by atoms with E-state index in [4.69, 9.17) is 18.2 Å². The molecule has 0 amide bonds. The third-order valence-electron chi connectivity index (χ3n) is 26.9. The van der Waals surface area contributed by atoms with Crippen molar-refractivity contribution >= 4 is 148 Å². The minimum atomic E-state index is -2.69. The zero-order chi connectivity index (χ0) is 80.0. The van der Waals surface area contributed by atoms with E-state index in [9.17, 15) is 0 Å². The Labute approximate surface area is 714 Å². The molecule has 7 aromatic heterocycles. The molecular weight excluding hydrogens is 1560 g/mol. The van der Waals surface area contributed by atoms with Crippen molar-refractivity contribution in [2.45, 2.75) is 378 Å². The largest absolute Gasteiger partial charge is 0.491 e. The summed E-state index contributed by atoms with van der Waals surface area (Å²) in [6.45, 7) is 34.5. The number of hydrogen-bond acceptors (Lipinski definition) is 11. The van der Waals surface area contributed by atoms with Gasteiger partial charge >= 0.3 is 0 Å². The highest BCUT2D eigenvalue weighted by atomic mass is 32.1. The van der Waals surface area contributed by atoms with E-state index < -0.39 is 27.8 Å². The van der Waals surface area contributed by atoms with E-state index in [1.807, 2.05) is 45.3 Å². The van der Waals surface area contributed by atoms with E-state index in [2.05, 4.69) is 133 Å². The number of thiophene rings is 6. The van der Waals surface area contributed by atoms with Gasteiger partial charge in [0, 0.05) is 59.5 Å². The highest BCUT2D eigenvalue weighted by Crippen LogP contribution is 2.57. The number of hydrogen-bond donors (Lipinski definition) is 0. The molecule has 2 aliphatic heterocycles. The van der Waals surface area contributed by atoms with Crippen molar-refractivity contribution < 1.29 is 18.3 Å². The number of unbranched alkanes of at least 4 members (excludes halogenated alkanes) is 20. The molecule has 113 heavy (non-hydrogen) atoms. The van der Waals surface area contributed by atoms with Crippen LogP contribution >= 0.6 is 79.7 Å². The van der Waals surface area contributed by atoms with Crippen molar-refractivity contribution in [2.75, 3.05) is 13.2 Å². The lowest BCUT2D eigenvalue weighted by Gasteiger charge is -2.35. The van der Waals surface area contributed by atoms with Gasteiger partial charge in [0.05, 0.1) is 45.5 Å². The number of benzene rings is 2. The summed E-state index contributed by atoms with van der Waals surface area (Å²) in [6.07, 6.45) is 50.1. The second-order valence-electron chi connectivity index (χ2n) is 35.4. The Morgan fingerprint density at radius 2 is 0.619 bits per heavy atom. The maximum atomic E-state index is 18.7. The Kier molecular flexibility index (Phi) is 36.1. The molecule has 0 radical (unpaired) electrons. The van der Waals surface area contributed by atoms with E-state index in [1.165, 1.54) is 338 Å². The molecule has 0 spiro atoms. The number of aromatic nitrogens is 2. The lowest BCUT2D eigenvalue weighted by atomic mass is 9.95. The Balaban J connectivity index is 1.06. The maximum Gasteiger partial charge on any atom is 0.170 e. The van der Waals surface area contributed by atoms with Crippen LogP contribution in [0.5, 0.6) is 11.5 Å². The van der Waals surface area contributed by atoms with Crippen molar-refractivity contribution in [2.24, 2.45) is 35.5 Å². The molecule has 0 aliphatic carbocycles. The van der Waals surface area contributed by atoms with Crippen molar-refractivity contribution in [1.82, 2.24) is 8.75 Å². The Bertz CT molecular complexity index is 4250. The summed E-state index contributed by atoms with van der Waals surface area (Å²) in [5.74, 6) is 4.00. The van der Waals surface area contributed by atoms with Gasteiger partial charge in [-0.1, -0.05) is 314 Å². The Morgan fingerprint density at radius 3 is 1.01 bits per heavy atom. The zero-order valence-corrected chi connectivity index (χ0v) is 80.5. The molecule has 0 bridgehead atoms. The third-order valence-corrected chi connectivity index (χ3v) is 46.1. The average Bonchev–Trinajstić information content (AvgIpc) is 1.54. The van der Waals surface area contributed by atoms with Crippen molar-refractivity contribution in [3.05, 3.63) is 57.8 Å². The Hall–Kier alpha value is -3.13. The first kappa shape index (κ1) is 90.6. The van der Waals surface area contributed by atoms with Gasteiger partial charge in [-0.2, -0.15) is 8.75 Å². The van der Waals surface area contributed by atoms with Crippen LogP contribution in [0, 0.1) is 61.0 Å². The minimum Gasteiger partial charge on any atom is -0.491 e. The quantitative estimate of drug-likeness (QED) is 0.0281. The lowest BCUT2D eigenvalue weighted by Crippen LogP contribution is -2.56. The molecule has 11 rings (SSSR count). The molecule has 15 heteroatoms. The molecule has 0 fully saturated rings. The number of aryl methyl sites for hydroxylation is 2. The van der Waals surface area contributed by atoms with Crippen LogP contribution in [0.15, 0.2) is 36.4 Å². The van der Waals surface area contributed by atoms with E-state index >= 15 is 8.78 Å². The SMILES string of the molecule is CCCCCCCCC(CCCCCC)COc1c2cc(-c3cc4c(s3)-c3sc(-c5c(F)c(F)c(-c6cc7c(s6)-c6sc(C)cc6[Si]7(CC(CC)CCCC)CC(CC)CCCC)c6nsnc56)cc3[Si]4(CC(CC)CCCC)CC(CC)CCCC)sc2c(OCC(CCCCCC)CCCCCCCC)c2cc(C)sc12. The monoisotopic (exact) mass is 1700 g/mol. The van der Waals surface area contributed by atoms with E-state index in [0.29, 0.717) is 57.7 Å². The molecular formula is C98H146F2N2O2S7Si2. The topological polar surface area (TPSA) is 44.2 Å². The van der Waals surface area contributed by atoms with Crippen LogP contribution in [0.3, 0.4) is 0 Å². The fraction of sp³-hybridized carbons (Fsp3) is 0.673. The third kappa shape index (κ3) is 21.4. The number of halogens is 2. The van der Waals surface area contributed by atoms with Gasteiger partial charge in [-0.15, -0.1) is 68.0 Å². The van der Waals surface area contributed by atoms with Crippen LogP contribution < -0.4 is 30.2 Å². The molecule has 6 unspecified atom stereocenters. The fourth-order valence-electron chi connectivity index (χ4n) is 20.0. The van der Waals surface area contributed by atoms with Gasteiger partial charge in [0.1, 0.15) is 38.7 Å². The van der Waals surface area contributed by atoms with E-state index in [-0.39, 0.29) is 0 Å². The number of nitrogens with zero attached hydrogens (tertiary/aromatic N) is 2. The van der Waals surface area contributed by atoms with E-state index in [0.717, 1.165) is 59.0 Å². The summed E-state index contributed by atoms with van der Waals surface area (Å²) in [4.78, 5) is 12.3. The zero-order valence-electron chi connectivity index (χ0n) is 72.8. The second-order valence-corrected chi connectivity index (χ2v) is 50.8. The summed E-state index contributed by atoms with van der Waals surface area (Å²) in [5, 5.41) is 8.62. The highest BCUT2D eigenvalue weighted by Gasteiger charge is 2.52. The molecule has 6 atom stereocenters. The van der Waals surface area contributed by atoms with Gasteiger partial charge in [-0.25, -0.2) is 8.78 Å². The van der Waals surface area contributed by atoms with Crippen LogP contribution in [0.1, 0.15) is 350 Å². The molecule has 2 aromatic carbocycles. The van der Waals surface area contributed by atoms with Crippen molar-refractivity contribution in [3.8, 4) is 61.6 Å². The number of fused-ring (bicyclic) bond motifs is 9. The standard InChI is InChI=1S/C98H146F2N2O2S7Si2/c1-15-27-35-39-41-45-53-73(51-43-37-29-17-3)61-103-91-75-55-67(13)105-93(75)92(104-62-74(52-44-38-30-18-4)54-46-42-40-36-28-16-2)76-57-77(107-94(76)91)78-58-82-97(108-78)98-84(113(82,65-71(25-11)49-33-21-7)66-72(26-12)50-34-22-8)60-80(110-98)86-88(100)87(99)85(89-90(86)102-111-101-89)79-59-83-96(109-79)95-81(56-68(14)106-95)112(83,63-69(23-9)47-31-19-5)64-70(24-10)48-32-20-6/h55-60,69-74H,15-54,61-66H2,1-14H3. The summed E-state index contributed by atoms with van der Waals surface area (Å²) in [5.41, 5.74) is 1.65. The molecule has 9 aromatic rings. The summed E-state index contributed by atoms with van der Waals surface area (Å²) >= 11 is 12.4. The predicted molar refractivity (Wildman–Crippen MR) is 510 cm³/mol. The first-order valence-electron chi connectivity index (χ1n) is 46.6. The van der Waals surface area contributed by atoms with Crippen LogP contribution in [0.2, 0.25) is 24.2 Å². The van der Waals surface area contributed by atoms with Crippen molar-refractivity contribution in [1.29, 1.82) is 0 Å². The average molecular weight is 1700 g/mol. The smallest absolute Gasteiger partial charge is 0.170 e. The van der Waals surface area contributed by atoms with Gasteiger partial charge < -0.3 is 9.47 Å². The van der Waals surface area contributed by atoms with Crippen LogP contribution in [0.25, 0.3) is 81.3 Å². The van der Waals surface area contributed by atoms with Gasteiger partial charge in [0.25, 0.3) is 0 Å². The molecule has 0 N–H and O–H groups in total. The molecule has 2 aliphatic rings. The summed E-state index contributed by atoms with van der Waals surface area (Å²) in [6, 6.07) is 19.9. The Morgan fingerprint density at radius 1 is 0.319 bits per heavy atom. The lowest BCUT2D eigenvalue weighted by molar-refractivity contribution is 0.226. The summed E-state index contributed by atoms with van der Waals surface area (Å²) < 4.78 is 65.2.